The second-order valence-electron chi connectivity index (χ2n) is 9.12. The zero-order valence-corrected chi connectivity index (χ0v) is 21.2. The molecule has 0 spiro atoms. The Labute approximate surface area is 233 Å². The highest BCUT2D eigenvalue weighted by molar-refractivity contribution is 6.31. The second kappa shape index (κ2) is 10.3. The maximum absolute atomic E-state index is 14.1. The Morgan fingerprint density at radius 3 is 2.22 bits per heavy atom. The number of anilines is 1. The van der Waals surface area contributed by atoms with Crippen LogP contribution >= 0.6 is 11.6 Å². The molecule has 1 atom stereocenters. The van der Waals surface area contributed by atoms with E-state index in [1.54, 1.807) is 0 Å². The first-order valence-electron chi connectivity index (χ1n) is 11.8. The van der Waals surface area contributed by atoms with Crippen molar-refractivity contribution in [3.63, 3.8) is 0 Å². The molecule has 1 aliphatic rings. The first-order chi connectivity index (χ1) is 19.3. The zero-order chi connectivity index (χ0) is 29.6. The van der Waals surface area contributed by atoms with Crippen molar-refractivity contribution < 1.29 is 41.4 Å². The number of fused-ring (bicyclic) bond motifs is 1. The molecule has 2 amide bonds. The largest absolute Gasteiger partial charge is 0.478 e. The summed E-state index contributed by atoms with van der Waals surface area (Å²) in [5, 5.41) is 14.4. The molecule has 0 fully saturated rings. The van der Waals surface area contributed by atoms with Gasteiger partial charge >= 0.3 is 12.1 Å². The van der Waals surface area contributed by atoms with Crippen molar-refractivity contribution in [2.45, 2.75) is 12.2 Å². The van der Waals surface area contributed by atoms with Gasteiger partial charge in [-0.2, -0.15) is 13.2 Å². The van der Waals surface area contributed by atoms with E-state index in [9.17, 15) is 41.4 Å². The molecule has 6 nitrogen and oxygen atoms in total. The summed E-state index contributed by atoms with van der Waals surface area (Å²) in [5.41, 5.74) is -0.945. The summed E-state index contributed by atoms with van der Waals surface area (Å²) >= 11 is 6.29. The fourth-order valence-electron chi connectivity index (χ4n) is 4.56. The topological polar surface area (TPSA) is 95.5 Å². The van der Waals surface area contributed by atoms with Crippen LogP contribution in [0.1, 0.15) is 53.8 Å². The molecule has 0 aliphatic carbocycles. The summed E-state index contributed by atoms with van der Waals surface area (Å²) < 4.78 is 68.0. The van der Waals surface area contributed by atoms with Crippen LogP contribution in [0.4, 0.5) is 27.6 Å². The maximum Gasteiger partial charge on any atom is 0.416 e. The standard InChI is InChI=1S/C29H16ClF5N2O4/c30-22-6-5-18(31)12-20(22)25-24-21(27(39)37-25)9-15(13-1-3-14(4-2-13)28(40)41)10-23(24)36-26(38)16-7-17(29(33,34)35)11-19(32)8-16/h1-12,25H,(H,36,38)(H,37,39)(H,40,41). The lowest BCUT2D eigenvalue weighted by Crippen LogP contribution is -2.21. The molecule has 0 saturated carbocycles. The van der Waals surface area contributed by atoms with Gasteiger partial charge in [0.25, 0.3) is 11.8 Å². The monoisotopic (exact) mass is 586 g/mol. The van der Waals surface area contributed by atoms with E-state index in [2.05, 4.69) is 10.6 Å². The van der Waals surface area contributed by atoms with Crippen LogP contribution in [0.15, 0.2) is 72.8 Å². The molecule has 4 aromatic rings. The first kappa shape index (κ1) is 27.8. The van der Waals surface area contributed by atoms with Crippen molar-refractivity contribution in [2.24, 2.45) is 0 Å². The van der Waals surface area contributed by atoms with E-state index in [1.165, 1.54) is 42.5 Å². The highest BCUT2D eigenvalue weighted by atomic mass is 35.5. The third-order valence-corrected chi connectivity index (χ3v) is 6.80. The van der Waals surface area contributed by atoms with E-state index < -0.39 is 52.8 Å². The van der Waals surface area contributed by atoms with E-state index in [0.717, 1.165) is 12.1 Å². The molecular weight excluding hydrogens is 571 g/mol. The van der Waals surface area contributed by atoms with Crippen LogP contribution < -0.4 is 10.6 Å². The third-order valence-electron chi connectivity index (χ3n) is 6.46. The van der Waals surface area contributed by atoms with E-state index in [4.69, 9.17) is 11.6 Å². The van der Waals surface area contributed by atoms with Crippen LogP contribution in [0.5, 0.6) is 0 Å². The first-order valence-corrected chi connectivity index (χ1v) is 12.2. The molecule has 1 unspecified atom stereocenters. The quantitative estimate of drug-likeness (QED) is 0.218. The number of amides is 2. The predicted octanol–water partition coefficient (Wildman–Crippen LogP) is 7.09. The molecule has 1 aliphatic heterocycles. The van der Waals surface area contributed by atoms with Crippen molar-refractivity contribution >= 4 is 35.1 Å². The van der Waals surface area contributed by atoms with Crippen LogP contribution in [0.3, 0.4) is 0 Å². The summed E-state index contributed by atoms with van der Waals surface area (Å²) in [7, 11) is 0. The molecule has 1 heterocycles. The van der Waals surface area contributed by atoms with Crippen LogP contribution in [0.2, 0.25) is 5.02 Å². The SMILES string of the molecule is O=C(O)c1ccc(-c2cc(NC(=O)c3cc(F)cc(C(F)(F)F)c3)c3c(c2)C(=O)NC3c2cc(F)ccc2Cl)cc1. The Hall–Kier alpha value is -4.77. The number of rotatable bonds is 5. The average Bonchev–Trinajstić information content (AvgIpc) is 3.25. The van der Waals surface area contributed by atoms with Gasteiger partial charge in [-0.1, -0.05) is 23.7 Å². The van der Waals surface area contributed by atoms with Gasteiger partial charge in [0, 0.05) is 33.0 Å². The Morgan fingerprint density at radius 1 is 0.854 bits per heavy atom. The lowest BCUT2D eigenvalue weighted by atomic mass is 9.92. The van der Waals surface area contributed by atoms with E-state index in [1.807, 2.05) is 0 Å². The molecule has 0 bridgehead atoms. The number of nitrogens with one attached hydrogen (secondary N) is 2. The van der Waals surface area contributed by atoms with Gasteiger partial charge in [-0.15, -0.1) is 0 Å². The lowest BCUT2D eigenvalue weighted by Gasteiger charge is -2.19. The molecular formula is C29H16ClF5N2O4. The zero-order valence-electron chi connectivity index (χ0n) is 20.4. The normalized spacial score (nSPS) is 14.4. The molecule has 0 aromatic heterocycles. The van der Waals surface area contributed by atoms with Crippen molar-refractivity contribution in [2.75, 3.05) is 5.32 Å². The number of halogens is 6. The van der Waals surface area contributed by atoms with Gasteiger partial charge in [-0.3, -0.25) is 9.59 Å². The van der Waals surface area contributed by atoms with Crippen molar-refractivity contribution in [1.29, 1.82) is 0 Å². The van der Waals surface area contributed by atoms with Gasteiger partial charge in [0.05, 0.1) is 17.2 Å². The maximum atomic E-state index is 14.1. The van der Waals surface area contributed by atoms with Crippen LogP contribution in [0, 0.1) is 11.6 Å². The molecule has 4 aromatic carbocycles. The number of hydrogen-bond donors (Lipinski definition) is 3. The van der Waals surface area contributed by atoms with Gasteiger partial charge in [-0.25, -0.2) is 13.6 Å². The van der Waals surface area contributed by atoms with E-state index >= 15 is 0 Å². The molecule has 41 heavy (non-hydrogen) atoms. The van der Waals surface area contributed by atoms with Crippen LogP contribution in [-0.4, -0.2) is 22.9 Å². The molecule has 3 N–H and O–H groups in total. The summed E-state index contributed by atoms with van der Waals surface area (Å²) in [6.07, 6.45) is -4.92. The minimum atomic E-state index is -4.92. The Kier molecular flexibility index (Phi) is 7.00. The number of carbonyl (C=O) groups is 3. The Bertz CT molecular complexity index is 1740. The summed E-state index contributed by atoms with van der Waals surface area (Å²) in [5.74, 6) is -4.84. The number of carbonyl (C=O) groups excluding carboxylic acids is 2. The molecule has 12 heteroatoms. The minimum absolute atomic E-state index is 0.00596. The Morgan fingerprint density at radius 2 is 1.56 bits per heavy atom. The third kappa shape index (κ3) is 5.48. The predicted molar refractivity (Wildman–Crippen MR) is 139 cm³/mol. The number of benzene rings is 4. The minimum Gasteiger partial charge on any atom is -0.478 e. The van der Waals surface area contributed by atoms with Gasteiger partial charge in [0.1, 0.15) is 11.6 Å². The number of carboxylic acids is 1. The number of carboxylic acid groups (broad SMARTS) is 1. The molecule has 0 radical (unpaired) electrons. The van der Waals surface area contributed by atoms with Crippen molar-refractivity contribution in [3.05, 3.63) is 123 Å². The average molecular weight is 587 g/mol. The number of alkyl halides is 3. The van der Waals surface area contributed by atoms with Crippen molar-refractivity contribution in [1.82, 2.24) is 5.32 Å². The van der Waals surface area contributed by atoms with Crippen molar-refractivity contribution in [3.8, 4) is 11.1 Å². The van der Waals surface area contributed by atoms with E-state index in [0.29, 0.717) is 23.3 Å². The lowest BCUT2D eigenvalue weighted by molar-refractivity contribution is -0.137. The van der Waals surface area contributed by atoms with Crippen LogP contribution in [0.25, 0.3) is 11.1 Å². The highest BCUT2D eigenvalue weighted by Gasteiger charge is 2.36. The summed E-state index contributed by atoms with van der Waals surface area (Å²) in [6, 6.07) is 12.2. The summed E-state index contributed by atoms with van der Waals surface area (Å²) in [4.78, 5) is 37.5. The molecule has 0 saturated heterocycles. The number of hydrogen-bond acceptors (Lipinski definition) is 3. The van der Waals surface area contributed by atoms with E-state index in [-0.39, 0.29) is 39.0 Å². The second-order valence-corrected chi connectivity index (χ2v) is 9.53. The van der Waals surface area contributed by atoms with Gasteiger partial charge in [-0.05, 0) is 71.8 Å². The molecule has 5 rings (SSSR count). The fraction of sp³-hybridized carbons (Fsp3) is 0.0690. The highest BCUT2D eigenvalue weighted by Crippen LogP contribution is 2.42. The fourth-order valence-corrected chi connectivity index (χ4v) is 4.78. The number of aromatic carboxylic acids is 1. The van der Waals surface area contributed by atoms with Gasteiger partial charge < -0.3 is 15.7 Å². The Balaban J connectivity index is 1.66. The van der Waals surface area contributed by atoms with Gasteiger partial charge in [0.2, 0.25) is 0 Å². The smallest absolute Gasteiger partial charge is 0.416 e. The van der Waals surface area contributed by atoms with Gasteiger partial charge in [0.15, 0.2) is 0 Å². The molecule has 208 valence electrons. The van der Waals surface area contributed by atoms with Crippen LogP contribution in [-0.2, 0) is 6.18 Å². The summed E-state index contributed by atoms with van der Waals surface area (Å²) in [6.45, 7) is 0.